The Labute approximate surface area is 118 Å². The number of rotatable bonds is 3. The van der Waals surface area contributed by atoms with E-state index in [9.17, 15) is 9.90 Å². The lowest BCUT2D eigenvalue weighted by Crippen LogP contribution is -2.41. The SMILES string of the molecule is Cl.O=C(O)C(c1cc(Br)cs1)N1CCOCC1. The summed E-state index contributed by atoms with van der Waals surface area (Å²) in [6, 6.07) is 1.33. The van der Waals surface area contributed by atoms with E-state index in [1.165, 1.54) is 11.3 Å². The van der Waals surface area contributed by atoms with Gasteiger partial charge in [0, 0.05) is 27.8 Å². The highest BCUT2D eigenvalue weighted by Gasteiger charge is 2.29. The Hall–Kier alpha value is -0.140. The van der Waals surface area contributed by atoms with Crippen LogP contribution in [0.5, 0.6) is 0 Å². The van der Waals surface area contributed by atoms with E-state index in [4.69, 9.17) is 4.74 Å². The van der Waals surface area contributed by atoms with Gasteiger partial charge in [-0.1, -0.05) is 0 Å². The molecule has 0 spiro atoms. The lowest BCUT2D eigenvalue weighted by molar-refractivity contribution is -0.145. The van der Waals surface area contributed by atoms with E-state index in [0.29, 0.717) is 26.3 Å². The van der Waals surface area contributed by atoms with E-state index >= 15 is 0 Å². The topological polar surface area (TPSA) is 49.8 Å². The molecule has 0 aliphatic carbocycles. The van der Waals surface area contributed by atoms with Crippen molar-refractivity contribution in [2.75, 3.05) is 26.3 Å². The first-order valence-corrected chi connectivity index (χ1v) is 6.64. The van der Waals surface area contributed by atoms with Crippen molar-refractivity contribution in [2.45, 2.75) is 6.04 Å². The summed E-state index contributed by atoms with van der Waals surface area (Å²) in [7, 11) is 0. The Morgan fingerprint density at radius 1 is 1.53 bits per heavy atom. The number of hydrogen-bond acceptors (Lipinski definition) is 4. The minimum atomic E-state index is -0.795. The first-order valence-electron chi connectivity index (χ1n) is 4.97. The molecule has 0 radical (unpaired) electrons. The van der Waals surface area contributed by atoms with Crippen molar-refractivity contribution in [1.29, 1.82) is 0 Å². The van der Waals surface area contributed by atoms with E-state index in [1.54, 1.807) is 0 Å². The van der Waals surface area contributed by atoms with Crippen LogP contribution in [0.2, 0.25) is 0 Å². The zero-order valence-electron chi connectivity index (χ0n) is 8.97. The molecule has 1 atom stereocenters. The maximum atomic E-state index is 11.3. The van der Waals surface area contributed by atoms with Crippen LogP contribution in [0.4, 0.5) is 0 Å². The number of carbonyl (C=O) groups is 1. The zero-order chi connectivity index (χ0) is 11.5. The molecule has 1 N–H and O–H groups in total. The van der Waals surface area contributed by atoms with Crippen molar-refractivity contribution < 1.29 is 14.6 Å². The summed E-state index contributed by atoms with van der Waals surface area (Å²) < 4.78 is 6.17. The fourth-order valence-corrected chi connectivity index (χ4v) is 3.33. The summed E-state index contributed by atoms with van der Waals surface area (Å²) in [5, 5.41) is 11.2. The van der Waals surface area contributed by atoms with Gasteiger partial charge in [0.2, 0.25) is 0 Å². The van der Waals surface area contributed by atoms with E-state index < -0.39 is 12.0 Å². The van der Waals surface area contributed by atoms with Gasteiger partial charge in [0.15, 0.2) is 0 Å². The minimum absolute atomic E-state index is 0. The predicted octanol–water partition coefficient (Wildman–Crippen LogP) is 2.39. The van der Waals surface area contributed by atoms with Gasteiger partial charge in [-0.2, -0.15) is 0 Å². The van der Waals surface area contributed by atoms with Gasteiger partial charge in [-0.15, -0.1) is 23.7 Å². The van der Waals surface area contributed by atoms with Crippen LogP contribution in [0.1, 0.15) is 10.9 Å². The highest BCUT2D eigenvalue weighted by atomic mass is 79.9. The van der Waals surface area contributed by atoms with Crippen molar-refractivity contribution in [3.63, 3.8) is 0 Å². The summed E-state index contributed by atoms with van der Waals surface area (Å²) in [6.07, 6.45) is 0. The first-order chi connectivity index (χ1) is 7.68. The minimum Gasteiger partial charge on any atom is -0.480 e. The second-order valence-electron chi connectivity index (χ2n) is 3.56. The quantitative estimate of drug-likeness (QED) is 0.916. The molecule has 2 heterocycles. The number of thiophene rings is 1. The van der Waals surface area contributed by atoms with Gasteiger partial charge in [-0.3, -0.25) is 9.69 Å². The standard InChI is InChI=1S/C10H12BrNO3S.ClH/c11-7-5-8(16-6-7)9(10(13)14)12-1-3-15-4-2-12;/h5-6,9H,1-4H2,(H,13,14);1H. The number of carboxylic acid groups (broad SMARTS) is 1. The van der Waals surface area contributed by atoms with E-state index in [-0.39, 0.29) is 12.4 Å². The number of ether oxygens (including phenoxy) is 1. The second-order valence-corrected chi connectivity index (χ2v) is 5.41. The lowest BCUT2D eigenvalue weighted by Gasteiger charge is -2.31. The first kappa shape index (κ1) is 14.9. The molecule has 7 heteroatoms. The third-order valence-electron chi connectivity index (χ3n) is 2.50. The summed E-state index contributed by atoms with van der Waals surface area (Å²) in [5.41, 5.74) is 0. The van der Waals surface area contributed by atoms with Gasteiger partial charge in [0.25, 0.3) is 0 Å². The molecule has 2 rings (SSSR count). The molecule has 1 aromatic rings. The highest BCUT2D eigenvalue weighted by molar-refractivity contribution is 9.10. The Morgan fingerprint density at radius 2 is 2.18 bits per heavy atom. The third-order valence-corrected chi connectivity index (χ3v) is 4.25. The molecule has 1 unspecified atom stereocenters. The number of morpholine rings is 1. The number of hydrogen-bond donors (Lipinski definition) is 1. The van der Waals surface area contributed by atoms with Crippen LogP contribution in [0.25, 0.3) is 0 Å². The van der Waals surface area contributed by atoms with Crippen LogP contribution in [-0.2, 0) is 9.53 Å². The molecule has 0 aromatic carbocycles. The number of carboxylic acids is 1. The smallest absolute Gasteiger partial charge is 0.326 e. The van der Waals surface area contributed by atoms with Crippen LogP contribution >= 0.6 is 39.7 Å². The molecule has 96 valence electrons. The molecule has 0 amide bonds. The average molecular weight is 343 g/mol. The van der Waals surface area contributed by atoms with Crippen LogP contribution in [0, 0.1) is 0 Å². The Bertz CT molecular complexity index is 381. The maximum absolute atomic E-state index is 11.3. The van der Waals surface area contributed by atoms with Crippen LogP contribution in [0.3, 0.4) is 0 Å². The molecular formula is C10H13BrClNO3S. The Balaban J connectivity index is 0.00000144. The van der Waals surface area contributed by atoms with Gasteiger partial charge < -0.3 is 9.84 Å². The number of halogens is 2. The van der Waals surface area contributed by atoms with Crippen molar-refractivity contribution >= 4 is 45.6 Å². The fourth-order valence-electron chi connectivity index (χ4n) is 1.77. The molecular weight excluding hydrogens is 330 g/mol. The lowest BCUT2D eigenvalue weighted by atomic mass is 10.2. The average Bonchev–Trinajstić information content (AvgIpc) is 2.66. The van der Waals surface area contributed by atoms with Crippen molar-refractivity contribution in [3.8, 4) is 0 Å². The Morgan fingerprint density at radius 3 is 2.65 bits per heavy atom. The summed E-state index contributed by atoms with van der Waals surface area (Å²) in [4.78, 5) is 14.1. The molecule has 1 fully saturated rings. The molecule has 1 aliphatic rings. The molecule has 1 aliphatic heterocycles. The van der Waals surface area contributed by atoms with Crippen LogP contribution in [-0.4, -0.2) is 42.3 Å². The molecule has 17 heavy (non-hydrogen) atoms. The summed E-state index contributed by atoms with van der Waals surface area (Å²) in [5.74, 6) is -0.795. The van der Waals surface area contributed by atoms with Crippen molar-refractivity contribution in [3.05, 3.63) is 20.8 Å². The van der Waals surface area contributed by atoms with Crippen molar-refractivity contribution in [2.24, 2.45) is 0 Å². The fraction of sp³-hybridized carbons (Fsp3) is 0.500. The van der Waals surface area contributed by atoms with Gasteiger partial charge in [-0.25, -0.2) is 0 Å². The summed E-state index contributed by atoms with van der Waals surface area (Å²) in [6.45, 7) is 2.56. The monoisotopic (exact) mass is 341 g/mol. The molecule has 1 saturated heterocycles. The van der Waals surface area contributed by atoms with E-state index in [2.05, 4.69) is 15.9 Å². The molecule has 4 nitrogen and oxygen atoms in total. The predicted molar refractivity (Wildman–Crippen MR) is 72.0 cm³/mol. The largest absolute Gasteiger partial charge is 0.480 e. The van der Waals surface area contributed by atoms with Crippen LogP contribution in [0.15, 0.2) is 15.9 Å². The van der Waals surface area contributed by atoms with Gasteiger partial charge >= 0.3 is 5.97 Å². The van der Waals surface area contributed by atoms with Crippen molar-refractivity contribution in [1.82, 2.24) is 4.90 Å². The van der Waals surface area contributed by atoms with Crippen LogP contribution < -0.4 is 0 Å². The zero-order valence-corrected chi connectivity index (χ0v) is 12.2. The molecule has 0 saturated carbocycles. The normalized spacial score (nSPS) is 18.4. The third kappa shape index (κ3) is 3.66. The highest BCUT2D eigenvalue weighted by Crippen LogP contribution is 2.30. The van der Waals surface area contributed by atoms with Gasteiger partial charge in [-0.05, 0) is 22.0 Å². The summed E-state index contributed by atoms with van der Waals surface area (Å²) >= 11 is 4.82. The van der Waals surface area contributed by atoms with E-state index in [1.807, 2.05) is 16.3 Å². The second kappa shape index (κ2) is 6.70. The molecule has 0 bridgehead atoms. The Kier molecular flexibility index (Phi) is 5.88. The van der Waals surface area contributed by atoms with Gasteiger partial charge in [0.1, 0.15) is 6.04 Å². The molecule has 1 aromatic heterocycles. The van der Waals surface area contributed by atoms with Gasteiger partial charge in [0.05, 0.1) is 13.2 Å². The number of nitrogens with zero attached hydrogens (tertiary/aromatic N) is 1. The maximum Gasteiger partial charge on any atom is 0.326 e. The number of aliphatic carboxylic acids is 1. The van der Waals surface area contributed by atoms with E-state index in [0.717, 1.165) is 9.35 Å².